The lowest BCUT2D eigenvalue weighted by Crippen LogP contribution is -2.60. The molecule has 0 saturated carbocycles. The summed E-state index contributed by atoms with van der Waals surface area (Å²) in [5.74, 6) is 0.792. The molecule has 6 heteroatoms. The molecule has 0 bridgehead atoms. The molecule has 2 aromatic carbocycles. The summed E-state index contributed by atoms with van der Waals surface area (Å²) in [6, 6.07) is 20.0. The van der Waals surface area contributed by atoms with E-state index in [0.717, 1.165) is 45.6 Å². The van der Waals surface area contributed by atoms with Crippen molar-refractivity contribution >= 4 is 23.6 Å². The van der Waals surface area contributed by atoms with Crippen LogP contribution in [0.3, 0.4) is 0 Å². The van der Waals surface area contributed by atoms with Gasteiger partial charge in [-0.25, -0.2) is 0 Å². The second-order valence-corrected chi connectivity index (χ2v) is 12.6. The highest BCUT2D eigenvalue weighted by atomic mass is 32.2. The number of benzene rings is 2. The van der Waals surface area contributed by atoms with Crippen molar-refractivity contribution in [1.82, 2.24) is 14.7 Å². The largest absolute Gasteiger partial charge is 0.343 e. The van der Waals surface area contributed by atoms with E-state index >= 15 is 0 Å². The topological polar surface area (TPSA) is 43.9 Å². The van der Waals surface area contributed by atoms with Crippen LogP contribution >= 0.6 is 11.8 Å². The highest BCUT2D eigenvalue weighted by molar-refractivity contribution is 7.98. The number of thioether (sulfide) groups is 1. The number of rotatable bonds is 6. The average Bonchev–Trinajstić information content (AvgIpc) is 2.89. The molecule has 2 saturated heterocycles. The quantitative estimate of drug-likeness (QED) is 0.457. The number of hydrogen-bond acceptors (Lipinski definition) is 4. The fourth-order valence-corrected chi connectivity index (χ4v) is 6.34. The van der Waals surface area contributed by atoms with Gasteiger partial charge in [0.2, 0.25) is 11.8 Å². The van der Waals surface area contributed by atoms with Crippen LogP contribution < -0.4 is 0 Å². The maximum atomic E-state index is 13.7. The van der Waals surface area contributed by atoms with Crippen molar-refractivity contribution < 1.29 is 9.59 Å². The molecular formula is C31H43N3O2S. The van der Waals surface area contributed by atoms with E-state index < -0.39 is 0 Å². The maximum Gasteiger partial charge on any atom is 0.223 e. The van der Waals surface area contributed by atoms with Gasteiger partial charge < -0.3 is 9.80 Å². The lowest BCUT2D eigenvalue weighted by atomic mass is 9.82. The first-order valence-corrected chi connectivity index (χ1v) is 14.9. The first-order chi connectivity index (χ1) is 17.7. The van der Waals surface area contributed by atoms with Crippen LogP contribution in [0.5, 0.6) is 0 Å². The fourth-order valence-electron chi connectivity index (χ4n) is 5.93. The van der Waals surface area contributed by atoms with Crippen LogP contribution in [-0.2, 0) is 9.59 Å². The minimum absolute atomic E-state index is 0.0315. The van der Waals surface area contributed by atoms with Gasteiger partial charge in [0.05, 0.1) is 6.04 Å². The zero-order chi connectivity index (χ0) is 26.6. The molecule has 2 aromatic rings. The van der Waals surface area contributed by atoms with Gasteiger partial charge in [-0.1, -0.05) is 63.2 Å². The lowest BCUT2D eigenvalue weighted by molar-refractivity contribution is -0.141. The summed E-state index contributed by atoms with van der Waals surface area (Å²) in [4.78, 5) is 33.3. The molecule has 2 atom stereocenters. The van der Waals surface area contributed by atoms with E-state index in [-0.39, 0.29) is 29.3 Å². The van der Waals surface area contributed by atoms with Gasteiger partial charge in [0, 0.05) is 57.0 Å². The van der Waals surface area contributed by atoms with Gasteiger partial charge in [-0.15, -0.1) is 11.8 Å². The molecule has 0 aromatic heterocycles. The van der Waals surface area contributed by atoms with E-state index in [4.69, 9.17) is 0 Å². The maximum absolute atomic E-state index is 13.7. The number of amides is 2. The molecule has 2 aliphatic rings. The molecule has 37 heavy (non-hydrogen) atoms. The van der Waals surface area contributed by atoms with Crippen molar-refractivity contribution in [3.05, 3.63) is 65.7 Å². The Morgan fingerprint density at radius 1 is 0.919 bits per heavy atom. The summed E-state index contributed by atoms with van der Waals surface area (Å²) < 4.78 is 0. The van der Waals surface area contributed by atoms with Crippen molar-refractivity contribution in [2.24, 2.45) is 11.3 Å². The molecule has 0 radical (unpaired) electrons. The number of piperazine rings is 1. The van der Waals surface area contributed by atoms with Crippen molar-refractivity contribution in [3.8, 4) is 0 Å². The normalized spacial score (nSPS) is 20.6. The van der Waals surface area contributed by atoms with Gasteiger partial charge >= 0.3 is 0 Å². The van der Waals surface area contributed by atoms with Crippen molar-refractivity contribution in [3.63, 3.8) is 0 Å². The molecule has 0 aliphatic carbocycles. The van der Waals surface area contributed by atoms with E-state index in [1.54, 1.807) is 18.7 Å². The van der Waals surface area contributed by atoms with Crippen molar-refractivity contribution in [2.45, 2.75) is 63.9 Å². The second kappa shape index (κ2) is 12.0. The fraction of sp³-hybridized carbons (Fsp3) is 0.548. The zero-order valence-corrected chi connectivity index (χ0v) is 24.0. The Morgan fingerprint density at radius 3 is 2.11 bits per heavy atom. The Bertz CT molecular complexity index is 1040. The summed E-state index contributed by atoms with van der Waals surface area (Å²) in [7, 11) is 0. The minimum atomic E-state index is -0.0315. The Hall–Kier alpha value is -2.31. The average molecular weight is 522 g/mol. The van der Waals surface area contributed by atoms with Crippen LogP contribution in [0.2, 0.25) is 0 Å². The van der Waals surface area contributed by atoms with Gasteiger partial charge in [-0.2, -0.15) is 0 Å². The Labute approximate surface area is 227 Å². The van der Waals surface area contributed by atoms with E-state index in [0.29, 0.717) is 12.3 Å². The molecule has 1 unspecified atom stereocenters. The number of carbonyl (C=O) groups excluding carboxylic acids is 2. The third kappa shape index (κ3) is 6.77. The van der Waals surface area contributed by atoms with Crippen LogP contribution in [0.4, 0.5) is 0 Å². The number of nitrogens with zero attached hydrogens (tertiary/aromatic N) is 3. The summed E-state index contributed by atoms with van der Waals surface area (Å²) >= 11 is 1.77. The highest BCUT2D eigenvalue weighted by Crippen LogP contribution is 2.36. The molecule has 2 aliphatic heterocycles. The molecule has 2 fully saturated rings. The molecule has 0 spiro atoms. The van der Waals surface area contributed by atoms with Crippen LogP contribution in [0.1, 0.15) is 64.1 Å². The summed E-state index contributed by atoms with van der Waals surface area (Å²) in [6.45, 7) is 12.4. The first-order valence-electron chi connectivity index (χ1n) is 13.6. The van der Waals surface area contributed by atoms with Crippen molar-refractivity contribution in [1.29, 1.82) is 0 Å². The number of carbonyl (C=O) groups is 2. The van der Waals surface area contributed by atoms with E-state index in [1.165, 1.54) is 16.0 Å². The van der Waals surface area contributed by atoms with Gasteiger partial charge in [0.1, 0.15) is 0 Å². The minimum Gasteiger partial charge on any atom is -0.343 e. The summed E-state index contributed by atoms with van der Waals surface area (Å²) in [6.07, 6.45) is 4.55. The molecule has 0 N–H and O–H groups in total. The number of piperidine rings is 1. The summed E-state index contributed by atoms with van der Waals surface area (Å²) in [5, 5.41) is 0. The van der Waals surface area contributed by atoms with Gasteiger partial charge in [0.15, 0.2) is 0 Å². The van der Waals surface area contributed by atoms with Crippen molar-refractivity contribution in [2.75, 3.05) is 39.0 Å². The molecule has 4 rings (SSSR count). The van der Waals surface area contributed by atoms with Crippen LogP contribution in [0.25, 0.3) is 0 Å². The third-order valence-corrected chi connectivity index (χ3v) is 8.91. The SMILES string of the molecule is CSc1ccc(C(c2ccccc2)N2CCN(C(=O)CC3CCN(C(C)=O)CC3)[C@@H](C(C)(C)C)C2)cc1. The Morgan fingerprint density at radius 2 is 1.54 bits per heavy atom. The molecule has 5 nitrogen and oxygen atoms in total. The zero-order valence-electron chi connectivity index (χ0n) is 23.2. The monoisotopic (exact) mass is 521 g/mol. The van der Waals surface area contributed by atoms with E-state index in [9.17, 15) is 9.59 Å². The van der Waals surface area contributed by atoms with Crippen LogP contribution in [0.15, 0.2) is 59.5 Å². The number of hydrogen-bond donors (Lipinski definition) is 0. The number of likely N-dealkylation sites (tertiary alicyclic amines) is 1. The Balaban J connectivity index is 1.52. The molecule has 2 heterocycles. The van der Waals surface area contributed by atoms with E-state index in [2.05, 4.69) is 91.4 Å². The first kappa shape index (κ1) is 27.7. The van der Waals surface area contributed by atoms with Gasteiger partial charge in [-0.3, -0.25) is 14.5 Å². The van der Waals surface area contributed by atoms with E-state index in [1.807, 2.05) is 4.90 Å². The highest BCUT2D eigenvalue weighted by Gasteiger charge is 2.40. The molecule has 200 valence electrons. The lowest BCUT2D eigenvalue weighted by Gasteiger charge is -2.50. The molecule has 2 amide bonds. The second-order valence-electron chi connectivity index (χ2n) is 11.7. The van der Waals surface area contributed by atoms with Crippen LogP contribution in [0, 0.1) is 11.3 Å². The predicted molar refractivity (Wildman–Crippen MR) is 153 cm³/mol. The molecular weight excluding hydrogens is 478 g/mol. The van der Waals surface area contributed by atoms with Gasteiger partial charge in [0.25, 0.3) is 0 Å². The van der Waals surface area contributed by atoms with Crippen LogP contribution in [-0.4, -0.2) is 71.5 Å². The predicted octanol–water partition coefficient (Wildman–Crippen LogP) is 5.71. The summed E-state index contributed by atoms with van der Waals surface area (Å²) in [5.41, 5.74) is 2.56. The Kier molecular flexibility index (Phi) is 9.02. The van der Waals surface area contributed by atoms with Gasteiger partial charge in [-0.05, 0) is 53.7 Å². The smallest absolute Gasteiger partial charge is 0.223 e. The standard InChI is InChI=1S/C31H43N3O2S/c1-23(35)32-17-15-24(16-18-32)21-29(36)34-20-19-33(22-28(34)31(2,3)4)30(25-9-7-6-8-10-25)26-11-13-27(37-5)14-12-26/h6-14,24,28,30H,15-22H2,1-5H3/t28-,30?/m1/s1. The third-order valence-electron chi connectivity index (χ3n) is 8.17.